The van der Waals surface area contributed by atoms with Crippen molar-refractivity contribution in [1.29, 1.82) is 0 Å². The molecule has 0 amide bonds. The van der Waals surface area contributed by atoms with E-state index in [1.165, 1.54) is 11.1 Å². The summed E-state index contributed by atoms with van der Waals surface area (Å²) < 4.78 is 41.3. The van der Waals surface area contributed by atoms with Crippen molar-refractivity contribution in [1.82, 2.24) is 19.7 Å². The van der Waals surface area contributed by atoms with Crippen molar-refractivity contribution in [3.05, 3.63) is 34.8 Å². The van der Waals surface area contributed by atoms with Crippen LogP contribution in [0.15, 0.2) is 28.5 Å². The largest absolute Gasteiger partial charge is 0.421 e. The highest BCUT2D eigenvalue weighted by Crippen LogP contribution is 2.39. The molecular formula is C18H20F3N7. The van der Waals surface area contributed by atoms with Crippen LogP contribution in [0.2, 0.25) is 0 Å². The van der Waals surface area contributed by atoms with Crippen molar-refractivity contribution in [2.75, 3.05) is 23.7 Å². The van der Waals surface area contributed by atoms with Gasteiger partial charge in [-0.25, -0.2) is 4.98 Å². The van der Waals surface area contributed by atoms with Gasteiger partial charge in [0.2, 0.25) is 5.95 Å². The molecule has 1 unspecified atom stereocenters. The fraction of sp³-hybridized carbons (Fsp3) is 0.444. The molecule has 2 aromatic heterocycles. The van der Waals surface area contributed by atoms with Crippen molar-refractivity contribution in [2.24, 2.45) is 4.99 Å². The van der Waals surface area contributed by atoms with E-state index in [1.807, 2.05) is 17.8 Å². The lowest BCUT2D eigenvalue weighted by Gasteiger charge is -2.16. The van der Waals surface area contributed by atoms with Crippen molar-refractivity contribution < 1.29 is 13.2 Å². The average Bonchev–Trinajstić information content (AvgIpc) is 3.32. The number of aliphatic imine (C=N–C) groups is 1. The Morgan fingerprint density at radius 2 is 2.11 bits per heavy atom. The van der Waals surface area contributed by atoms with E-state index < -0.39 is 11.7 Å². The van der Waals surface area contributed by atoms with Crippen LogP contribution in [0, 0.1) is 6.92 Å². The summed E-state index contributed by atoms with van der Waals surface area (Å²) in [6, 6.07) is 0.166. The molecule has 0 aromatic carbocycles. The van der Waals surface area contributed by atoms with E-state index in [9.17, 15) is 13.2 Å². The zero-order valence-corrected chi connectivity index (χ0v) is 15.5. The topological polar surface area (TPSA) is 80.0 Å². The molecule has 1 aliphatic heterocycles. The van der Waals surface area contributed by atoms with Gasteiger partial charge >= 0.3 is 6.18 Å². The molecule has 3 heterocycles. The number of rotatable bonds is 5. The third-order valence-electron chi connectivity index (χ3n) is 5.04. The van der Waals surface area contributed by atoms with Crippen molar-refractivity contribution in [3.8, 4) is 0 Å². The summed E-state index contributed by atoms with van der Waals surface area (Å²) in [5.41, 5.74) is 3.22. The van der Waals surface area contributed by atoms with Gasteiger partial charge in [0.1, 0.15) is 11.4 Å². The Hall–Kier alpha value is -2.91. The number of nitrogens with one attached hydrogen (secondary N) is 2. The van der Waals surface area contributed by atoms with Crippen LogP contribution in [0.1, 0.15) is 37.1 Å². The fourth-order valence-corrected chi connectivity index (χ4v) is 3.65. The Kier molecular flexibility index (Phi) is 4.56. The maximum atomic E-state index is 13.1. The lowest BCUT2D eigenvalue weighted by molar-refractivity contribution is -0.137. The van der Waals surface area contributed by atoms with Gasteiger partial charge in [0.05, 0.1) is 30.2 Å². The van der Waals surface area contributed by atoms with Crippen LogP contribution in [0.25, 0.3) is 0 Å². The second-order valence-corrected chi connectivity index (χ2v) is 6.77. The minimum atomic E-state index is -4.52. The zero-order chi connectivity index (χ0) is 19.9. The molecule has 0 bridgehead atoms. The summed E-state index contributed by atoms with van der Waals surface area (Å²) in [4.78, 5) is 12.2. The van der Waals surface area contributed by atoms with E-state index >= 15 is 0 Å². The minimum absolute atomic E-state index is 0.0853. The smallest absolute Gasteiger partial charge is 0.370 e. The van der Waals surface area contributed by atoms with Crippen molar-refractivity contribution >= 4 is 23.7 Å². The van der Waals surface area contributed by atoms with E-state index in [2.05, 4.69) is 30.7 Å². The number of hydrogen-bond donors (Lipinski definition) is 2. The zero-order valence-electron chi connectivity index (χ0n) is 15.5. The summed E-state index contributed by atoms with van der Waals surface area (Å²) in [6.07, 6.45) is 1.81. The number of nitrogens with zero attached hydrogens (tertiary/aromatic N) is 5. The van der Waals surface area contributed by atoms with Crippen LogP contribution < -0.4 is 10.6 Å². The molecule has 2 aromatic rings. The Bertz CT molecular complexity index is 959. The number of anilines is 3. The highest BCUT2D eigenvalue weighted by atomic mass is 19.4. The van der Waals surface area contributed by atoms with Crippen LogP contribution >= 0.6 is 0 Å². The van der Waals surface area contributed by atoms with Gasteiger partial charge in [0, 0.05) is 19.0 Å². The van der Waals surface area contributed by atoms with Crippen LogP contribution in [0.5, 0.6) is 0 Å². The van der Waals surface area contributed by atoms with E-state index in [-0.39, 0.29) is 17.8 Å². The van der Waals surface area contributed by atoms with Gasteiger partial charge in [-0.3, -0.25) is 9.67 Å². The third kappa shape index (κ3) is 3.23. The molecule has 0 spiro atoms. The summed E-state index contributed by atoms with van der Waals surface area (Å²) in [5.74, 6) is -0.159. The third-order valence-corrected chi connectivity index (χ3v) is 5.04. The number of hydrogen-bond acceptors (Lipinski definition) is 6. The Morgan fingerprint density at radius 3 is 2.86 bits per heavy atom. The normalized spacial score (nSPS) is 18.7. The molecule has 1 aliphatic carbocycles. The standard InChI is InChI=1S/C18H20F3N7/c1-3-23-16-13(18(19,20)21)8-24-17(27-16)26-14-9-25-28(10(14)2)15-5-4-11-6-22-7-12(11)15/h6,8-9,15H,3-5,7H2,1-2H3,(H2,23,24,26,27). The van der Waals surface area contributed by atoms with Gasteiger partial charge in [-0.15, -0.1) is 0 Å². The molecule has 28 heavy (non-hydrogen) atoms. The average molecular weight is 391 g/mol. The molecule has 0 fully saturated rings. The minimum Gasteiger partial charge on any atom is -0.370 e. The highest BCUT2D eigenvalue weighted by Gasteiger charge is 2.35. The summed E-state index contributed by atoms with van der Waals surface area (Å²) >= 11 is 0. The number of halogens is 3. The van der Waals surface area contributed by atoms with Gasteiger partial charge < -0.3 is 10.6 Å². The van der Waals surface area contributed by atoms with Crippen LogP contribution in [0.4, 0.5) is 30.6 Å². The van der Waals surface area contributed by atoms with E-state index in [1.54, 1.807) is 13.1 Å². The summed E-state index contributed by atoms with van der Waals surface area (Å²) in [7, 11) is 0. The molecular weight excluding hydrogens is 371 g/mol. The maximum Gasteiger partial charge on any atom is 0.421 e. The molecule has 10 heteroatoms. The first-order chi connectivity index (χ1) is 13.4. The lowest BCUT2D eigenvalue weighted by atomic mass is 10.1. The SMILES string of the molecule is CCNc1nc(Nc2cnn(C3CCC4=C3CN=C4)c2C)ncc1C(F)(F)F. The molecule has 4 rings (SSSR count). The number of aromatic nitrogens is 4. The van der Waals surface area contributed by atoms with Gasteiger partial charge in [-0.1, -0.05) is 0 Å². The van der Waals surface area contributed by atoms with Gasteiger partial charge in [0.25, 0.3) is 0 Å². The first-order valence-electron chi connectivity index (χ1n) is 9.09. The molecule has 2 aliphatic rings. The monoisotopic (exact) mass is 391 g/mol. The van der Waals surface area contributed by atoms with E-state index in [4.69, 9.17) is 0 Å². The lowest BCUT2D eigenvalue weighted by Crippen LogP contribution is -2.14. The number of allylic oxidation sites excluding steroid dienone is 1. The highest BCUT2D eigenvalue weighted by molar-refractivity contribution is 5.83. The second-order valence-electron chi connectivity index (χ2n) is 6.77. The number of alkyl halides is 3. The van der Waals surface area contributed by atoms with Crippen molar-refractivity contribution in [2.45, 2.75) is 38.9 Å². The molecule has 7 nitrogen and oxygen atoms in total. The predicted molar refractivity (Wildman–Crippen MR) is 100 cm³/mol. The van der Waals surface area contributed by atoms with Gasteiger partial charge in [-0.05, 0) is 37.8 Å². The molecule has 0 radical (unpaired) electrons. The van der Waals surface area contributed by atoms with Crippen LogP contribution in [-0.2, 0) is 6.18 Å². The van der Waals surface area contributed by atoms with Gasteiger partial charge in [-0.2, -0.15) is 23.3 Å². The fourth-order valence-electron chi connectivity index (χ4n) is 3.65. The van der Waals surface area contributed by atoms with Crippen molar-refractivity contribution in [3.63, 3.8) is 0 Å². The van der Waals surface area contributed by atoms with E-state index in [0.29, 0.717) is 18.8 Å². The molecule has 1 atom stereocenters. The Labute approximate surface area is 159 Å². The van der Waals surface area contributed by atoms with Crippen LogP contribution in [-0.4, -0.2) is 39.1 Å². The van der Waals surface area contributed by atoms with Gasteiger partial charge in [0.15, 0.2) is 0 Å². The molecule has 0 saturated carbocycles. The predicted octanol–water partition coefficient (Wildman–Crippen LogP) is 3.89. The molecule has 148 valence electrons. The summed E-state index contributed by atoms with van der Waals surface area (Å²) in [6.45, 7) is 4.65. The first kappa shape index (κ1) is 18.5. The Balaban J connectivity index is 1.59. The van der Waals surface area contributed by atoms with Crippen LogP contribution in [0.3, 0.4) is 0 Å². The van der Waals surface area contributed by atoms with E-state index in [0.717, 1.165) is 24.7 Å². The second kappa shape index (κ2) is 6.92. The Morgan fingerprint density at radius 1 is 1.29 bits per heavy atom. The molecule has 2 N–H and O–H groups in total. The summed E-state index contributed by atoms with van der Waals surface area (Å²) in [5, 5.41) is 10.1. The quantitative estimate of drug-likeness (QED) is 0.808. The molecule has 0 saturated heterocycles. The maximum absolute atomic E-state index is 13.1. The first-order valence-corrected chi connectivity index (χ1v) is 9.09.